The summed E-state index contributed by atoms with van der Waals surface area (Å²) in [6, 6.07) is 17.0. The fourth-order valence-corrected chi connectivity index (χ4v) is 5.53. The Bertz CT molecular complexity index is 1120. The number of aliphatic imine (C=N–C) groups is 1. The average molecular weight is 438 g/mol. The van der Waals surface area contributed by atoms with Gasteiger partial charge in [0, 0.05) is 10.7 Å². The molecule has 2 aromatic rings. The summed E-state index contributed by atoms with van der Waals surface area (Å²) in [5.41, 5.74) is 2.65. The number of hydrogen-bond acceptors (Lipinski definition) is 5. The van der Waals surface area contributed by atoms with Crippen LogP contribution in [0.25, 0.3) is 0 Å². The first-order chi connectivity index (χ1) is 14.3. The summed E-state index contributed by atoms with van der Waals surface area (Å²) in [6.07, 6.45) is 0. The maximum atomic E-state index is 11.9. The minimum atomic E-state index is -0.935. The van der Waals surface area contributed by atoms with Gasteiger partial charge in [-0.3, -0.25) is 0 Å². The number of allylic oxidation sites excluding steroid dienone is 1. The van der Waals surface area contributed by atoms with Gasteiger partial charge in [-0.25, -0.2) is 9.79 Å². The summed E-state index contributed by atoms with van der Waals surface area (Å²) in [7, 11) is 0. The SMILES string of the molecule is CC(C)C1=C(C(=O)O)SC2=N[C@@](C)(c3ccc(C#N)cc3)[C@@H](c3ccc(Cl)cc3)N21. The molecule has 2 atom stereocenters. The summed E-state index contributed by atoms with van der Waals surface area (Å²) in [4.78, 5) is 19.4. The smallest absolute Gasteiger partial charge is 0.344 e. The van der Waals surface area contributed by atoms with Crippen molar-refractivity contribution >= 4 is 34.5 Å². The van der Waals surface area contributed by atoms with Gasteiger partial charge in [0.2, 0.25) is 0 Å². The van der Waals surface area contributed by atoms with Crippen LogP contribution in [0.3, 0.4) is 0 Å². The number of benzene rings is 2. The molecule has 0 spiro atoms. The number of nitriles is 1. The second kappa shape index (κ2) is 7.50. The number of thioether (sulfide) groups is 1. The van der Waals surface area contributed by atoms with Gasteiger partial charge in [-0.2, -0.15) is 5.26 Å². The van der Waals surface area contributed by atoms with Crippen molar-refractivity contribution in [2.45, 2.75) is 32.4 Å². The third kappa shape index (κ3) is 3.19. The molecule has 0 unspecified atom stereocenters. The topological polar surface area (TPSA) is 76.7 Å². The van der Waals surface area contributed by atoms with Gasteiger partial charge in [-0.1, -0.05) is 49.7 Å². The van der Waals surface area contributed by atoms with Crippen molar-refractivity contribution in [3.63, 3.8) is 0 Å². The number of aliphatic carboxylic acids is 1. The van der Waals surface area contributed by atoms with Crippen LogP contribution in [-0.4, -0.2) is 21.1 Å². The summed E-state index contributed by atoms with van der Waals surface area (Å²) in [5, 5.41) is 20.3. The number of carboxylic acid groups (broad SMARTS) is 1. The largest absolute Gasteiger partial charge is 0.477 e. The molecule has 4 rings (SSSR count). The lowest BCUT2D eigenvalue weighted by molar-refractivity contribution is -0.131. The predicted molar refractivity (Wildman–Crippen MR) is 119 cm³/mol. The van der Waals surface area contributed by atoms with Gasteiger partial charge in [-0.15, -0.1) is 0 Å². The maximum absolute atomic E-state index is 11.9. The summed E-state index contributed by atoms with van der Waals surface area (Å²) in [5.74, 6) is -0.926. The minimum absolute atomic E-state index is 0.00872. The zero-order valence-corrected chi connectivity index (χ0v) is 18.3. The van der Waals surface area contributed by atoms with Gasteiger partial charge in [-0.05, 0) is 60.0 Å². The zero-order valence-electron chi connectivity index (χ0n) is 16.8. The maximum Gasteiger partial charge on any atom is 0.344 e. The zero-order chi connectivity index (χ0) is 21.6. The number of carbonyl (C=O) groups is 1. The number of carboxylic acids is 1. The normalized spacial score (nSPS) is 22.9. The van der Waals surface area contributed by atoms with Crippen LogP contribution in [0.2, 0.25) is 5.02 Å². The molecule has 0 bridgehead atoms. The minimum Gasteiger partial charge on any atom is -0.477 e. The molecular formula is C23H20ClN3O2S. The molecule has 0 saturated carbocycles. The Morgan fingerprint density at radius 1 is 1.23 bits per heavy atom. The second-order valence-corrected chi connectivity index (χ2v) is 9.25. The third-order valence-electron chi connectivity index (χ3n) is 5.54. The Morgan fingerprint density at radius 2 is 1.87 bits per heavy atom. The van der Waals surface area contributed by atoms with Crippen molar-refractivity contribution in [1.82, 2.24) is 4.90 Å². The monoisotopic (exact) mass is 437 g/mol. The average Bonchev–Trinajstić information content (AvgIpc) is 3.22. The number of halogens is 1. The number of amidine groups is 1. The van der Waals surface area contributed by atoms with Gasteiger partial charge in [0.25, 0.3) is 0 Å². The first kappa shape index (κ1) is 20.5. The molecule has 30 heavy (non-hydrogen) atoms. The van der Waals surface area contributed by atoms with Crippen LogP contribution in [0.4, 0.5) is 0 Å². The van der Waals surface area contributed by atoms with Crippen LogP contribution in [0.1, 0.15) is 43.5 Å². The Labute approximate surface area is 184 Å². The van der Waals surface area contributed by atoms with E-state index in [9.17, 15) is 9.90 Å². The van der Waals surface area contributed by atoms with Gasteiger partial charge in [0.1, 0.15) is 10.4 Å². The van der Waals surface area contributed by atoms with E-state index in [1.807, 2.05) is 50.2 Å². The standard InChI is InChI=1S/C23H20ClN3O2S/c1-13(2)18-19(21(28)29)30-22-26-23(3,16-8-4-14(12-25)5-9-16)20(27(18)22)15-6-10-17(24)11-7-15/h4-11,13,20H,1-3H3,(H,28,29)/t20-,23+/m1/s1. The molecule has 0 amide bonds. The van der Waals surface area contributed by atoms with E-state index in [0.29, 0.717) is 20.7 Å². The molecule has 152 valence electrons. The molecule has 0 radical (unpaired) electrons. The number of fused-ring (bicyclic) bond motifs is 1. The first-order valence-electron chi connectivity index (χ1n) is 9.56. The fraction of sp³-hybridized carbons (Fsp3) is 0.261. The van der Waals surface area contributed by atoms with E-state index in [1.165, 1.54) is 11.8 Å². The van der Waals surface area contributed by atoms with E-state index < -0.39 is 11.5 Å². The van der Waals surface area contributed by atoms with Crippen LogP contribution >= 0.6 is 23.4 Å². The predicted octanol–water partition coefficient (Wildman–Crippen LogP) is 5.54. The molecular weight excluding hydrogens is 418 g/mol. The molecule has 2 aliphatic heterocycles. The summed E-state index contributed by atoms with van der Waals surface area (Å²) in [6.45, 7) is 6.05. The van der Waals surface area contributed by atoms with Crippen LogP contribution in [0.5, 0.6) is 0 Å². The first-order valence-corrected chi connectivity index (χ1v) is 10.8. The summed E-state index contributed by atoms with van der Waals surface area (Å²) < 4.78 is 0. The Hall–Kier alpha value is -2.75. The fourth-order valence-electron chi connectivity index (χ4n) is 4.16. The van der Waals surface area contributed by atoms with E-state index in [4.69, 9.17) is 21.9 Å². The van der Waals surface area contributed by atoms with Crippen molar-refractivity contribution in [3.8, 4) is 6.07 Å². The van der Waals surface area contributed by atoms with E-state index in [-0.39, 0.29) is 12.0 Å². The van der Waals surface area contributed by atoms with Gasteiger partial charge in [0.05, 0.1) is 17.7 Å². The molecule has 2 heterocycles. The third-order valence-corrected chi connectivity index (χ3v) is 6.85. The quantitative estimate of drug-likeness (QED) is 0.679. The van der Waals surface area contributed by atoms with Crippen LogP contribution < -0.4 is 0 Å². The number of hydrogen-bond donors (Lipinski definition) is 1. The van der Waals surface area contributed by atoms with Gasteiger partial charge >= 0.3 is 5.97 Å². The lowest BCUT2D eigenvalue weighted by Gasteiger charge is -2.37. The molecule has 2 aliphatic rings. The molecule has 1 N–H and O–H groups in total. The van der Waals surface area contributed by atoms with Crippen molar-refractivity contribution in [3.05, 3.63) is 80.8 Å². The molecule has 0 aliphatic carbocycles. The molecule has 7 heteroatoms. The molecule has 2 aromatic carbocycles. The lowest BCUT2D eigenvalue weighted by Crippen LogP contribution is -2.36. The highest BCUT2D eigenvalue weighted by atomic mass is 35.5. The van der Waals surface area contributed by atoms with E-state index in [1.54, 1.807) is 12.1 Å². The molecule has 0 aromatic heterocycles. The highest BCUT2D eigenvalue weighted by Crippen LogP contribution is 2.55. The number of rotatable bonds is 4. The molecule has 5 nitrogen and oxygen atoms in total. The van der Waals surface area contributed by atoms with Crippen LogP contribution in [0, 0.1) is 17.2 Å². The molecule has 0 saturated heterocycles. The van der Waals surface area contributed by atoms with Crippen molar-refractivity contribution in [1.29, 1.82) is 5.26 Å². The van der Waals surface area contributed by atoms with Crippen LogP contribution in [-0.2, 0) is 10.3 Å². The van der Waals surface area contributed by atoms with Crippen molar-refractivity contribution < 1.29 is 9.90 Å². The Kier molecular flexibility index (Phi) is 5.13. The highest BCUT2D eigenvalue weighted by molar-refractivity contribution is 8.18. The number of nitrogens with zero attached hydrogens (tertiary/aromatic N) is 3. The van der Waals surface area contributed by atoms with Crippen molar-refractivity contribution in [2.24, 2.45) is 10.9 Å². The van der Waals surface area contributed by atoms with E-state index in [2.05, 4.69) is 17.9 Å². The highest BCUT2D eigenvalue weighted by Gasteiger charge is 2.53. The Morgan fingerprint density at radius 3 is 2.40 bits per heavy atom. The van der Waals surface area contributed by atoms with E-state index >= 15 is 0 Å². The van der Waals surface area contributed by atoms with E-state index in [0.717, 1.165) is 16.8 Å². The lowest BCUT2D eigenvalue weighted by atomic mass is 9.81. The van der Waals surface area contributed by atoms with Crippen molar-refractivity contribution in [2.75, 3.05) is 0 Å². The van der Waals surface area contributed by atoms with Gasteiger partial charge < -0.3 is 10.0 Å². The second-order valence-electron chi connectivity index (χ2n) is 7.83. The Balaban J connectivity index is 1.91. The molecule has 0 fully saturated rings. The van der Waals surface area contributed by atoms with Crippen LogP contribution in [0.15, 0.2) is 64.1 Å². The van der Waals surface area contributed by atoms with Gasteiger partial charge in [0.15, 0.2) is 5.17 Å². The summed E-state index contributed by atoms with van der Waals surface area (Å²) >= 11 is 7.34.